The van der Waals surface area contributed by atoms with Gasteiger partial charge in [0.15, 0.2) is 5.78 Å². The fourth-order valence-corrected chi connectivity index (χ4v) is 3.85. The molecule has 0 aromatic rings. The molecule has 2 aliphatic rings. The van der Waals surface area contributed by atoms with Crippen LogP contribution >= 0.6 is 0 Å². The largest absolute Gasteiger partial charge is 0.511 e. The molecule has 3 heteroatoms. The van der Waals surface area contributed by atoms with Crippen LogP contribution in [-0.2, 0) is 4.79 Å². The highest BCUT2D eigenvalue weighted by Crippen LogP contribution is 2.52. The molecule has 0 amide bonds. The van der Waals surface area contributed by atoms with E-state index in [2.05, 4.69) is 25.8 Å². The van der Waals surface area contributed by atoms with Gasteiger partial charge in [0.2, 0.25) is 0 Å². The normalized spacial score (nSPS) is 31.6. The SMILES string of the molecule is CC[C@H]1C[C@H](CN=CC2=C(O)CC(C)(C)CC2=O)C1(C)C. The molecule has 0 unspecified atom stereocenters. The first-order valence-electron chi connectivity index (χ1n) is 8.12. The number of aliphatic imine (C=N–C) groups is 1. The summed E-state index contributed by atoms with van der Waals surface area (Å²) in [6.45, 7) is 11.7. The van der Waals surface area contributed by atoms with Crippen molar-refractivity contribution in [3.63, 3.8) is 0 Å². The van der Waals surface area contributed by atoms with Gasteiger partial charge < -0.3 is 5.11 Å². The summed E-state index contributed by atoms with van der Waals surface area (Å²) in [7, 11) is 0. The number of rotatable bonds is 4. The fourth-order valence-electron chi connectivity index (χ4n) is 3.85. The second-order valence-electron chi connectivity index (χ2n) is 8.15. The quantitative estimate of drug-likeness (QED) is 0.784. The first-order valence-corrected chi connectivity index (χ1v) is 8.12. The van der Waals surface area contributed by atoms with E-state index >= 15 is 0 Å². The van der Waals surface area contributed by atoms with E-state index < -0.39 is 0 Å². The van der Waals surface area contributed by atoms with Gasteiger partial charge >= 0.3 is 0 Å². The lowest BCUT2D eigenvalue weighted by Gasteiger charge is -2.51. The zero-order chi connectivity index (χ0) is 15.8. The number of Topliss-reactive ketones (excluding diaryl/α,β-unsaturated/α-hetero) is 1. The summed E-state index contributed by atoms with van der Waals surface area (Å²) < 4.78 is 0. The van der Waals surface area contributed by atoms with Gasteiger partial charge in [-0.05, 0) is 29.1 Å². The molecule has 0 radical (unpaired) electrons. The first-order chi connectivity index (χ1) is 9.67. The third kappa shape index (κ3) is 3.22. The topological polar surface area (TPSA) is 49.7 Å². The summed E-state index contributed by atoms with van der Waals surface area (Å²) in [6.07, 6.45) is 5.12. The van der Waals surface area contributed by atoms with Crippen LogP contribution in [0.4, 0.5) is 0 Å². The van der Waals surface area contributed by atoms with Crippen LogP contribution in [0.3, 0.4) is 0 Å². The molecule has 0 saturated heterocycles. The number of nitrogens with zero attached hydrogens (tertiary/aromatic N) is 1. The van der Waals surface area contributed by atoms with Gasteiger partial charge in [-0.3, -0.25) is 9.79 Å². The van der Waals surface area contributed by atoms with E-state index in [-0.39, 0.29) is 17.0 Å². The van der Waals surface area contributed by atoms with E-state index in [1.54, 1.807) is 6.21 Å². The van der Waals surface area contributed by atoms with Crippen molar-refractivity contribution < 1.29 is 9.90 Å². The van der Waals surface area contributed by atoms with Gasteiger partial charge in [0, 0.05) is 25.6 Å². The molecule has 2 aliphatic carbocycles. The van der Waals surface area contributed by atoms with Crippen LogP contribution in [0.2, 0.25) is 0 Å². The minimum atomic E-state index is -0.136. The maximum Gasteiger partial charge on any atom is 0.168 e. The summed E-state index contributed by atoms with van der Waals surface area (Å²) in [6, 6.07) is 0. The fraction of sp³-hybridized carbons (Fsp3) is 0.778. The zero-order valence-corrected chi connectivity index (χ0v) is 14.1. The molecular formula is C18H29NO2. The molecule has 21 heavy (non-hydrogen) atoms. The molecule has 0 bridgehead atoms. The molecule has 118 valence electrons. The minimum absolute atomic E-state index is 0.0202. The molecule has 1 saturated carbocycles. The van der Waals surface area contributed by atoms with E-state index in [0.29, 0.717) is 29.7 Å². The van der Waals surface area contributed by atoms with Gasteiger partial charge in [-0.1, -0.05) is 41.0 Å². The monoisotopic (exact) mass is 291 g/mol. The summed E-state index contributed by atoms with van der Waals surface area (Å²) in [5, 5.41) is 10.1. The van der Waals surface area contributed by atoms with Gasteiger partial charge in [-0.25, -0.2) is 0 Å². The molecule has 2 rings (SSSR count). The third-order valence-electron chi connectivity index (χ3n) is 5.61. The van der Waals surface area contributed by atoms with Crippen molar-refractivity contribution in [3.05, 3.63) is 11.3 Å². The summed E-state index contributed by atoms with van der Waals surface area (Å²) in [5.41, 5.74) is 0.641. The van der Waals surface area contributed by atoms with Crippen LogP contribution in [0.1, 0.15) is 60.3 Å². The molecule has 0 heterocycles. The van der Waals surface area contributed by atoms with E-state index in [1.165, 1.54) is 12.8 Å². The van der Waals surface area contributed by atoms with E-state index in [4.69, 9.17) is 0 Å². The van der Waals surface area contributed by atoms with Crippen molar-refractivity contribution in [1.29, 1.82) is 0 Å². The molecule has 0 spiro atoms. The van der Waals surface area contributed by atoms with Gasteiger partial charge in [0.05, 0.1) is 5.57 Å². The number of allylic oxidation sites excluding steroid dienone is 2. The second-order valence-corrected chi connectivity index (χ2v) is 8.15. The highest BCUT2D eigenvalue weighted by molar-refractivity contribution is 6.14. The van der Waals surface area contributed by atoms with Crippen molar-refractivity contribution in [3.8, 4) is 0 Å². The molecule has 0 aromatic carbocycles. The third-order valence-corrected chi connectivity index (χ3v) is 5.61. The molecule has 2 atom stereocenters. The first kappa shape index (κ1) is 16.3. The van der Waals surface area contributed by atoms with Gasteiger partial charge in [-0.15, -0.1) is 0 Å². The van der Waals surface area contributed by atoms with E-state index in [0.717, 1.165) is 12.5 Å². The predicted octanol–water partition coefficient (Wildman–Crippen LogP) is 4.33. The lowest BCUT2D eigenvalue weighted by Crippen LogP contribution is -2.45. The molecular weight excluding hydrogens is 262 g/mol. The zero-order valence-electron chi connectivity index (χ0n) is 14.1. The van der Waals surface area contributed by atoms with Crippen molar-refractivity contribution in [2.45, 2.75) is 60.3 Å². The van der Waals surface area contributed by atoms with Crippen LogP contribution in [0.15, 0.2) is 16.3 Å². The van der Waals surface area contributed by atoms with Crippen molar-refractivity contribution in [1.82, 2.24) is 0 Å². The van der Waals surface area contributed by atoms with Gasteiger partial charge in [0.25, 0.3) is 0 Å². The Bertz CT molecular complexity index is 485. The van der Waals surface area contributed by atoms with Crippen molar-refractivity contribution >= 4 is 12.0 Å². The van der Waals surface area contributed by atoms with Crippen molar-refractivity contribution in [2.24, 2.45) is 27.7 Å². The van der Waals surface area contributed by atoms with Crippen molar-refractivity contribution in [2.75, 3.05) is 6.54 Å². The Labute approximate surface area is 128 Å². The number of carbonyl (C=O) groups excluding carboxylic acids is 1. The smallest absolute Gasteiger partial charge is 0.168 e. The maximum absolute atomic E-state index is 12.1. The van der Waals surface area contributed by atoms with Crippen LogP contribution in [0, 0.1) is 22.7 Å². The highest BCUT2D eigenvalue weighted by atomic mass is 16.3. The Balaban J connectivity index is 1.98. The average Bonchev–Trinajstić information content (AvgIpc) is 2.33. The number of aliphatic hydroxyl groups is 1. The number of aliphatic hydroxyl groups excluding tert-OH is 1. The van der Waals surface area contributed by atoms with Gasteiger partial charge in [-0.2, -0.15) is 0 Å². The summed E-state index contributed by atoms with van der Waals surface area (Å²) in [5.74, 6) is 1.62. The Morgan fingerprint density at radius 1 is 1.24 bits per heavy atom. The minimum Gasteiger partial charge on any atom is -0.511 e. The second kappa shape index (κ2) is 5.58. The lowest BCUT2D eigenvalue weighted by molar-refractivity contribution is -0.117. The number of hydrogen-bond donors (Lipinski definition) is 1. The number of carbonyl (C=O) groups is 1. The maximum atomic E-state index is 12.1. The standard InChI is InChI=1S/C18H29NO2/c1-6-12-7-13(18(12,4)5)10-19-11-14-15(20)8-17(2,3)9-16(14)21/h11-13,20H,6-10H2,1-5H3/t12-,13+/m0/s1. The Morgan fingerprint density at radius 2 is 1.90 bits per heavy atom. The molecule has 3 nitrogen and oxygen atoms in total. The van der Waals surface area contributed by atoms with E-state index in [9.17, 15) is 9.90 Å². The highest BCUT2D eigenvalue weighted by Gasteiger charge is 2.46. The number of hydrogen-bond acceptors (Lipinski definition) is 3. The van der Waals surface area contributed by atoms with Crippen LogP contribution in [0.5, 0.6) is 0 Å². The lowest BCUT2D eigenvalue weighted by atomic mass is 9.54. The van der Waals surface area contributed by atoms with Crippen LogP contribution in [0.25, 0.3) is 0 Å². The molecule has 0 aliphatic heterocycles. The summed E-state index contributed by atoms with van der Waals surface area (Å²) in [4.78, 5) is 16.6. The summed E-state index contributed by atoms with van der Waals surface area (Å²) >= 11 is 0. The molecule has 1 fully saturated rings. The Hall–Kier alpha value is -1.12. The van der Waals surface area contributed by atoms with E-state index in [1.807, 2.05) is 13.8 Å². The van der Waals surface area contributed by atoms with Gasteiger partial charge in [0.1, 0.15) is 5.76 Å². The Kier molecular flexibility index (Phi) is 4.32. The predicted molar refractivity (Wildman–Crippen MR) is 86.7 cm³/mol. The van der Waals surface area contributed by atoms with Crippen LogP contribution < -0.4 is 0 Å². The molecule has 0 aromatic heterocycles. The number of ketones is 1. The Morgan fingerprint density at radius 3 is 2.43 bits per heavy atom. The van der Waals surface area contributed by atoms with Crippen LogP contribution in [-0.4, -0.2) is 23.6 Å². The average molecular weight is 291 g/mol. The molecule has 1 N–H and O–H groups in total.